The number of fused-ring (bicyclic) bond motifs is 2. The van der Waals surface area contributed by atoms with Gasteiger partial charge in [-0.05, 0) is 90.4 Å². The SMILES string of the molecule is CC1(C)CCC(CN2CCN(c3ccc(C(=O)NP(C)(=O)c4ccc(NC[C@H]5COCCO5)c([N+](=O)[O-])c4)c(N4CCOc5nc6[nH]ccc6cc54)c3)CC2)=C(c2ccc(Cl)cc2)C1. The van der Waals surface area contributed by atoms with Crippen molar-refractivity contribution in [2.45, 2.75) is 39.2 Å². The highest BCUT2D eigenvalue weighted by atomic mass is 35.5. The van der Waals surface area contributed by atoms with Gasteiger partial charge in [0.2, 0.25) is 5.88 Å². The smallest absolute Gasteiger partial charge is 0.293 e. The van der Waals surface area contributed by atoms with Crippen molar-refractivity contribution in [2.24, 2.45) is 5.41 Å². The molecule has 3 aliphatic heterocycles. The Bertz CT molecular complexity index is 2640. The Morgan fingerprint density at radius 3 is 2.58 bits per heavy atom. The predicted molar refractivity (Wildman–Crippen MR) is 252 cm³/mol. The van der Waals surface area contributed by atoms with Gasteiger partial charge in [0.1, 0.15) is 23.6 Å². The molecule has 1 amide bonds. The third-order valence-electron chi connectivity index (χ3n) is 12.8. The molecule has 2 fully saturated rings. The van der Waals surface area contributed by atoms with E-state index in [1.165, 1.54) is 35.5 Å². The lowest BCUT2D eigenvalue weighted by Crippen LogP contribution is -2.47. The summed E-state index contributed by atoms with van der Waals surface area (Å²) in [7, 11) is -3.70. The number of nitrogens with zero attached hydrogens (tertiary/aromatic N) is 5. The number of H-pyrrole nitrogens is 1. The number of nitro benzene ring substituents is 1. The van der Waals surface area contributed by atoms with E-state index in [4.69, 9.17) is 30.8 Å². The number of carbonyl (C=O) groups excluding carboxylic acids is 1. The van der Waals surface area contributed by atoms with Gasteiger partial charge < -0.3 is 34.3 Å². The maximum absolute atomic E-state index is 14.5. The number of amides is 1. The number of hydrogen-bond donors (Lipinski definition) is 3. The number of nitrogens with one attached hydrogen (secondary N) is 3. The van der Waals surface area contributed by atoms with E-state index in [0.29, 0.717) is 68.0 Å². The highest BCUT2D eigenvalue weighted by molar-refractivity contribution is 7.69. The van der Waals surface area contributed by atoms with Gasteiger partial charge in [-0.15, -0.1) is 0 Å². The fourth-order valence-corrected chi connectivity index (χ4v) is 10.7. The Morgan fingerprint density at radius 2 is 1.81 bits per heavy atom. The average Bonchev–Trinajstić information content (AvgIpc) is 3.76. The Balaban J connectivity index is 0.973. The number of allylic oxidation sites excluding steroid dienone is 1. The Hall–Kier alpha value is -5.44. The number of rotatable bonds is 12. The molecular weight excluding hydrogens is 855 g/mol. The zero-order valence-electron chi connectivity index (χ0n) is 36.4. The Labute approximate surface area is 377 Å². The Kier molecular flexibility index (Phi) is 12.5. The van der Waals surface area contributed by atoms with Crippen molar-refractivity contribution in [1.82, 2.24) is 20.0 Å². The summed E-state index contributed by atoms with van der Waals surface area (Å²) in [6.45, 7) is 12.8. The fraction of sp³-hybridized carbons (Fsp3) is 0.404. The number of nitro groups is 1. The van der Waals surface area contributed by atoms with Crippen LogP contribution in [0.2, 0.25) is 5.02 Å². The van der Waals surface area contributed by atoms with Crippen LogP contribution in [0.1, 0.15) is 49.0 Å². The number of carbonyl (C=O) groups is 1. The number of benzene rings is 3. The normalized spacial score (nSPS) is 20.0. The van der Waals surface area contributed by atoms with Crippen molar-refractivity contribution in [3.05, 3.63) is 111 Å². The van der Waals surface area contributed by atoms with Gasteiger partial charge in [0.15, 0.2) is 7.29 Å². The molecule has 0 saturated carbocycles. The first-order valence-electron chi connectivity index (χ1n) is 21.9. The molecule has 64 heavy (non-hydrogen) atoms. The van der Waals surface area contributed by atoms with E-state index < -0.39 is 18.1 Å². The van der Waals surface area contributed by atoms with Crippen LogP contribution < -0.4 is 30.2 Å². The molecule has 336 valence electrons. The van der Waals surface area contributed by atoms with Crippen LogP contribution in [-0.4, -0.2) is 111 Å². The summed E-state index contributed by atoms with van der Waals surface area (Å²) < 4.78 is 31.6. The first-order valence-corrected chi connectivity index (χ1v) is 24.4. The molecule has 3 N–H and O–H groups in total. The number of pyridine rings is 1. The standard InChI is InChI=1S/C47H54ClN8O7P/c1-47(2)14-12-33(39(27-47)31-4-6-34(48)7-5-31)29-53-16-18-54(19-17-53)35-8-10-38(41(25-35)55-20-21-63-46-43(55)24-32-13-15-49-44(32)51-46)45(57)52-64(3,60)37-9-11-40(42(26-37)56(58)59)50-28-36-30-61-22-23-62-36/h4-11,13,15,24-26,36,50H,12,14,16-23,27-30H2,1-3H3,(H,49,51)(H,52,57,60)/t36-,64?/m0/s1. The summed E-state index contributed by atoms with van der Waals surface area (Å²) in [5.74, 6) is -0.129. The van der Waals surface area contributed by atoms with E-state index >= 15 is 0 Å². The van der Waals surface area contributed by atoms with Gasteiger partial charge in [0.25, 0.3) is 11.6 Å². The summed E-state index contributed by atoms with van der Waals surface area (Å²) in [6.07, 6.45) is 4.82. The summed E-state index contributed by atoms with van der Waals surface area (Å²) in [4.78, 5) is 41.0. The molecule has 17 heteroatoms. The second-order valence-corrected chi connectivity index (χ2v) is 20.9. The van der Waals surface area contributed by atoms with Crippen molar-refractivity contribution in [3.63, 3.8) is 0 Å². The molecule has 9 rings (SSSR count). The van der Waals surface area contributed by atoms with Crippen molar-refractivity contribution in [2.75, 3.05) is 94.0 Å². The average molecular weight is 909 g/mol. The van der Waals surface area contributed by atoms with Crippen molar-refractivity contribution < 1.29 is 28.5 Å². The van der Waals surface area contributed by atoms with Crippen LogP contribution in [0.25, 0.3) is 16.6 Å². The van der Waals surface area contributed by atoms with Gasteiger partial charge in [-0.25, -0.2) is 0 Å². The van der Waals surface area contributed by atoms with Crippen LogP contribution in [-0.2, 0) is 14.0 Å². The van der Waals surface area contributed by atoms with Crippen LogP contribution >= 0.6 is 18.9 Å². The Morgan fingerprint density at radius 1 is 1.00 bits per heavy atom. The molecule has 3 aromatic carbocycles. The van der Waals surface area contributed by atoms with Crippen molar-refractivity contribution >= 4 is 75.1 Å². The molecule has 5 aromatic rings. The van der Waals surface area contributed by atoms with Gasteiger partial charge in [-0.2, -0.15) is 4.98 Å². The summed E-state index contributed by atoms with van der Waals surface area (Å²) in [5.41, 5.74) is 7.69. The molecule has 0 spiro atoms. The number of anilines is 4. The monoisotopic (exact) mass is 908 g/mol. The third kappa shape index (κ3) is 9.50. The first kappa shape index (κ1) is 43.8. The number of aromatic nitrogens is 2. The number of piperazine rings is 1. The lowest BCUT2D eigenvalue weighted by molar-refractivity contribution is -0.383. The van der Waals surface area contributed by atoms with Gasteiger partial charge in [-0.3, -0.25) is 29.5 Å². The number of aromatic amines is 1. The number of ether oxygens (including phenoxy) is 3. The molecule has 5 heterocycles. The van der Waals surface area contributed by atoms with E-state index in [1.807, 2.05) is 47.5 Å². The minimum atomic E-state index is -3.70. The zero-order chi connectivity index (χ0) is 44.6. The zero-order valence-corrected chi connectivity index (χ0v) is 38.1. The van der Waals surface area contributed by atoms with Crippen molar-refractivity contribution in [3.8, 4) is 5.88 Å². The molecule has 2 aromatic heterocycles. The molecule has 2 saturated heterocycles. The molecule has 0 radical (unpaired) electrons. The first-order chi connectivity index (χ1) is 30.8. The number of halogens is 1. The maximum atomic E-state index is 14.5. The topological polar surface area (TPSA) is 167 Å². The molecule has 4 aliphatic rings. The lowest BCUT2D eigenvalue weighted by Gasteiger charge is -2.40. The fourth-order valence-electron chi connectivity index (χ4n) is 9.17. The minimum Gasteiger partial charge on any atom is -0.474 e. The summed E-state index contributed by atoms with van der Waals surface area (Å²) >= 11 is 6.27. The molecule has 0 bridgehead atoms. The molecule has 15 nitrogen and oxygen atoms in total. The quantitative estimate of drug-likeness (QED) is 0.0625. The van der Waals surface area contributed by atoms with Crippen LogP contribution in [0, 0.1) is 15.5 Å². The van der Waals surface area contributed by atoms with E-state index in [9.17, 15) is 19.5 Å². The van der Waals surface area contributed by atoms with Gasteiger partial charge >= 0.3 is 0 Å². The minimum absolute atomic E-state index is 0.148. The lowest BCUT2D eigenvalue weighted by atomic mass is 9.72. The van der Waals surface area contributed by atoms with E-state index in [-0.39, 0.29) is 28.2 Å². The van der Waals surface area contributed by atoms with Crippen molar-refractivity contribution in [1.29, 1.82) is 0 Å². The van der Waals surface area contributed by atoms with Gasteiger partial charge in [0.05, 0.1) is 48.6 Å². The summed E-state index contributed by atoms with van der Waals surface area (Å²) in [5, 5.41) is 19.9. The second kappa shape index (κ2) is 18.2. The maximum Gasteiger partial charge on any atom is 0.293 e. The largest absolute Gasteiger partial charge is 0.474 e. The second-order valence-electron chi connectivity index (χ2n) is 17.9. The van der Waals surface area contributed by atoms with Crippen LogP contribution in [0.4, 0.5) is 28.4 Å². The van der Waals surface area contributed by atoms with Crippen LogP contribution in [0.5, 0.6) is 5.88 Å². The van der Waals surface area contributed by atoms with Gasteiger partial charge in [-0.1, -0.05) is 43.2 Å². The highest BCUT2D eigenvalue weighted by Gasteiger charge is 2.33. The highest BCUT2D eigenvalue weighted by Crippen LogP contribution is 2.45. The van der Waals surface area contributed by atoms with E-state index in [1.54, 1.807) is 12.1 Å². The third-order valence-corrected chi connectivity index (χ3v) is 14.9. The van der Waals surface area contributed by atoms with Crippen LogP contribution in [0.3, 0.4) is 0 Å². The summed E-state index contributed by atoms with van der Waals surface area (Å²) in [6, 6.07) is 22.3. The number of hydrogen-bond acceptors (Lipinski definition) is 12. The van der Waals surface area contributed by atoms with E-state index in [0.717, 1.165) is 68.1 Å². The molecular formula is C47H54ClN8O7P. The van der Waals surface area contributed by atoms with Crippen LogP contribution in [0.15, 0.2) is 84.6 Å². The van der Waals surface area contributed by atoms with E-state index in [2.05, 4.69) is 51.2 Å². The predicted octanol–water partition coefficient (Wildman–Crippen LogP) is 8.23. The molecule has 2 atom stereocenters. The van der Waals surface area contributed by atoms with Gasteiger partial charge in [0, 0.05) is 79.6 Å². The molecule has 1 unspecified atom stereocenters. The molecule has 1 aliphatic carbocycles.